The lowest BCUT2D eigenvalue weighted by Crippen LogP contribution is -2.36. The maximum absolute atomic E-state index is 12.8. The lowest BCUT2D eigenvalue weighted by atomic mass is 9.98. The molecule has 1 aliphatic heterocycles. The normalized spacial score (nSPS) is 12.8. The van der Waals surface area contributed by atoms with Crippen molar-refractivity contribution in [3.8, 4) is 5.75 Å². The molecule has 0 fully saturated rings. The van der Waals surface area contributed by atoms with Crippen molar-refractivity contribution in [1.29, 1.82) is 0 Å². The standard InChI is InChI=1S/C25H24N2O3/c1-2-30-23-12-9-19(10-13-23)24(28)26-22-11-8-18-14-15-27(17-21(18)16-22)25(29)20-6-4-3-5-7-20/h3-13,16H,2,14-15,17H2,1H3,(H,26,28). The number of carbonyl (C=O) groups is 2. The first-order valence-electron chi connectivity index (χ1n) is 10.1. The van der Waals surface area contributed by atoms with E-state index >= 15 is 0 Å². The van der Waals surface area contributed by atoms with Gasteiger partial charge in [-0.25, -0.2) is 0 Å². The lowest BCUT2D eigenvalue weighted by molar-refractivity contribution is 0.0734. The molecule has 0 radical (unpaired) electrons. The summed E-state index contributed by atoms with van der Waals surface area (Å²) in [5.74, 6) is 0.599. The second kappa shape index (κ2) is 8.82. The van der Waals surface area contributed by atoms with E-state index in [9.17, 15) is 9.59 Å². The van der Waals surface area contributed by atoms with Crippen LogP contribution in [-0.4, -0.2) is 29.9 Å². The summed E-state index contributed by atoms with van der Waals surface area (Å²) in [5.41, 5.74) is 4.26. The Morgan fingerprint density at radius 2 is 1.70 bits per heavy atom. The van der Waals surface area contributed by atoms with Gasteiger partial charge in [-0.2, -0.15) is 0 Å². The van der Waals surface area contributed by atoms with Gasteiger partial charge >= 0.3 is 0 Å². The Kier molecular flexibility index (Phi) is 5.80. The zero-order valence-corrected chi connectivity index (χ0v) is 16.9. The summed E-state index contributed by atoms with van der Waals surface area (Å²) in [5, 5.41) is 2.95. The number of amides is 2. The van der Waals surface area contributed by atoms with Crippen molar-refractivity contribution >= 4 is 17.5 Å². The summed E-state index contributed by atoms with van der Waals surface area (Å²) in [6.45, 7) is 3.74. The quantitative estimate of drug-likeness (QED) is 0.684. The second-order valence-electron chi connectivity index (χ2n) is 7.24. The SMILES string of the molecule is CCOc1ccc(C(=O)Nc2ccc3c(c2)CN(C(=O)c2ccccc2)CC3)cc1. The molecule has 0 atom stereocenters. The van der Waals surface area contributed by atoms with E-state index in [0.29, 0.717) is 30.8 Å². The van der Waals surface area contributed by atoms with E-state index in [1.165, 1.54) is 5.56 Å². The Morgan fingerprint density at radius 1 is 0.933 bits per heavy atom. The molecule has 2 amide bonds. The van der Waals surface area contributed by atoms with E-state index in [-0.39, 0.29) is 11.8 Å². The molecule has 0 aliphatic carbocycles. The minimum Gasteiger partial charge on any atom is -0.494 e. The van der Waals surface area contributed by atoms with Crippen LogP contribution in [0.25, 0.3) is 0 Å². The number of fused-ring (bicyclic) bond motifs is 1. The van der Waals surface area contributed by atoms with E-state index in [0.717, 1.165) is 23.4 Å². The van der Waals surface area contributed by atoms with Gasteiger partial charge in [0.25, 0.3) is 11.8 Å². The van der Waals surface area contributed by atoms with Crippen molar-refractivity contribution in [2.75, 3.05) is 18.5 Å². The molecule has 0 bridgehead atoms. The average molecular weight is 400 g/mol. The van der Waals surface area contributed by atoms with Crippen molar-refractivity contribution in [1.82, 2.24) is 4.90 Å². The maximum atomic E-state index is 12.8. The molecule has 0 unspecified atom stereocenters. The molecule has 1 heterocycles. The van der Waals surface area contributed by atoms with Gasteiger partial charge in [-0.1, -0.05) is 24.3 Å². The number of carbonyl (C=O) groups excluding carboxylic acids is 2. The van der Waals surface area contributed by atoms with Crippen LogP contribution in [0.5, 0.6) is 5.75 Å². The molecule has 3 aromatic rings. The third kappa shape index (κ3) is 4.35. The largest absolute Gasteiger partial charge is 0.494 e. The first-order valence-corrected chi connectivity index (χ1v) is 10.1. The molecule has 5 nitrogen and oxygen atoms in total. The minimum atomic E-state index is -0.175. The van der Waals surface area contributed by atoms with Gasteiger partial charge in [-0.3, -0.25) is 9.59 Å². The van der Waals surface area contributed by atoms with Crippen molar-refractivity contribution < 1.29 is 14.3 Å². The van der Waals surface area contributed by atoms with Gasteiger partial charge in [-0.05, 0) is 73.0 Å². The maximum Gasteiger partial charge on any atom is 0.255 e. The van der Waals surface area contributed by atoms with Crippen LogP contribution < -0.4 is 10.1 Å². The topological polar surface area (TPSA) is 58.6 Å². The van der Waals surface area contributed by atoms with Crippen LogP contribution in [0.1, 0.15) is 38.8 Å². The van der Waals surface area contributed by atoms with Crippen LogP contribution in [0.15, 0.2) is 72.8 Å². The number of nitrogens with one attached hydrogen (secondary N) is 1. The van der Waals surface area contributed by atoms with E-state index < -0.39 is 0 Å². The Bertz CT molecular complexity index is 1050. The molecule has 3 aromatic carbocycles. The summed E-state index contributed by atoms with van der Waals surface area (Å²) >= 11 is 0. The minimum absolute atomic E-state index is 0.0325. The molecule has 0 spiro atoms. The van der Waals surface area contributed by atoms with Crippen molar-refractivity contribution in [2.45, 2.75) is 19.9 Å². The number of ether oxygens (including phenoxy) is 1. The Labute approximate surface area is 176 Å². The molecule has 0 saturated heterocycles. The van der Waals surface area contributed by atoms with Crippen LogP contribution in [0.3, 0.4) is 0 Å². The fraction of sp³-hybridized carbons (Fsp3) is 0.200. The number of benzene rings is 3. The fourth-order valence-electron chi connectivity index (χ4n) is 3.64. The highest BCUT2D eigenvalue weighted by Gasteiger charge is 2.22. The smallest absolute Gasteiger partial charge is 0.255 e. The van der Waals surface area contributed by atoms with Crippen LogP contribution in [0, 0.1) is 0 Å². The average Bonchev–Trinajstić information content (AvgIpc) is 2.79. The molecule has 4 rings (SSSR count). The van der Waals surface area contributed by atoms with Gasteiger partial charge in [0, 0.05) is 29.9 Å². The number of hydrogen-bond acceptors (Lipinski definition) is 3. The van der Waals surface area contributed by atoms with Gasteiger partial charge in [0.15, 0.2) is 0 Å². The van der Waals surface area contributed by atoms with E-state index in [1.54, 1.807) is 24.3 Å². The zero-order valence-electron chi connectivity index (χ0n) is 16.9. The number of rotatable bonds is 5. The van der Waals surface area contributed by atoms with E-state index in [4.69, 9.17) is 4.74 Å². The van der Waals surface area contributed by atoms with Gasteiger partial charge in [-0.15, -0.1) is 0 Å². The van der Waals surface area contributed by atoms with E-state index in [1.807, 2.05) is 60.4 Å². The van der Waals surface area contributed by atoms with E-state index in [2.05, 4.69) is 5.32 Å². The van der Waals surface area contributed by atoms with Crippen molar-refractivity contribution in [2.24, 2.45) is 0 Å². The van der Waals surface area contributed by atoms with Gasteiger partial charge < -0.3 is 15.0 Å². The highest BCUT2D eigenvalue weighted by Crippen LogP contribution is 2.24. The zero-order chi connectivity index (χ0) is 20.9. The van der Waals surface area contributed by atoms with Gasteiger partial charge in [0.05, 0.1) is 6.61 Å². The third-order valence-electron chi connectivity index (χ3n) is 5.21. The molecule has 30 heavy (non-hydrogen) atoms. The molecule has 0 saturated carbocycles. The summed E-state index contributed by atoms with van der Waals surface area (Å²) in [4.78, 5) is 27.2. The Hall–Kier alpha value is -3.60. The number of nitrogens with zero attached hydrogens (tertiary/aromatic N) is 1. The van der Waals surface area contributed by atoms with Gasteiger partial charge in [0.2, 0.25) is 0 Å². The van der Waals surface area contributed by atoms with Crippen molar-refractivity contribution in [3.05, 3.63) is 95.1 Å². The Balaban J connectivity index is 1.46. The third-order valence-corrected chi connectivity index (χ3v) is 5.21. The summed E-state index contributed by atoms with van der Waals surface area (Å²) in [6.07, 6.45) is 0.807. The van der Waals surface area contributed by atoms with Crippen molar-refractivity contribution in [3.63, 3.8) is 0 Å². The molecule has 152 valence electrons. The highest BCUT2D eigenvalue weighted by atomic mass is 16.5. The lowest BCUT2D eigenvalue weighted by Gasteiger charge is -2.29. The second-order valence-corrected chi connectivity index (χ2v) is 7.24. The van der Waals surface area contributed by atoms with Crippen LogP contribution in [0.2, 0.25) is 0 Å². The fourth-order valence-corrected chi connectivity index (χ4v) is 3.64. The summed E-state index contributed by atoms with van der Waals surface area (Å²) in [7, 11) is 0. The predicted molar refractivity (Wildman–Crippen MR) is 117 cm³/mol. The molecule has 5 heteroatoms. The number of anilines is 1. The van der Waals surface area contributed by atoms with Gasteiger partial charge in [0.1, 0.15) is 5.75 Å². The molecular weight excluding hydrogens is 376 g/mol. The molecule has 0 aromatic heterocycles. The summed E-state index contributed by atoms with van der Waals surface area (Å²) in [6, 6.07) is 22.3. The predicted octanol–water partition coefficient (Wildman–Crippen LogP) is 4.54. The van der Waals surface area contributed by atoms with Crippen LogP contribution in [-0.2, 0) is 13.0 Å². The number of hydrogen-bond donors (Lipinski definition) is 1. The molecule has 1 N–H and O–H groups in total. The monoisotopic (exact) mass is 400 g/mol. The first-order chi connectivity index (χ1) is 14.6. The van der Waals surface area contributed by atoms with Crippen LogP contribution >= 0.6 is 0 Å². The molecular formula is C25H24N2O3. The first kappa shape index (κ1) is 19.7. The summed E-state index contributed by atoms with van der Waals surface area (Å²) < 4.78 is 5.42. The van der Waals surface area contributed by atoms with Crippen LogP contribution in [0.4, 0.5) is 5.69 Å². The Morgan fingerprint density at radius 3 is 2.43 bits per heavy atom. The molecule has 1 aliphatic rings. The highest BCUT2D eigenvalue weighted by molar-refractivity contribution is 6.04.